The van der Waals surface area contributed by atoms with Crippen molar-refractivity contribution >= 4 is 34.8 Å². The largest absolute Gasteiger partial charge is 0.306 e. The highest BCUT2D eigenvalue weighted by molar-refractivity contribution is 7.19. The number of hydrogen-bond acceptors (Lipinski definition) is 4. The molecule has 1 amide bonds. The van der Waals surface area contributed by atoms with Crippen LogP contribution in [0.1, 0.15) is 19.3 Å². The third-order valence-electron chi connectivity index (χ3n) is 3.42. The Morgan fingerprint density at radius 2 is 2.10 bits per heavy atom. The molecule has 0 aliphatic carbocycles. The van der Waals surface area contributed by atoms with Gasteiger partial charge in [0.2, 0.25) is 5.91 Å². The van der Waals surface area contributed by atoms with Crippen molar-refractivity contribution in [1.82, 2.24) is 10.3 Å². The van der Waals surface area contributed by atoms with Crippen molar-refractivity contribution < 1.29 is 4.79 Å². The minimum Gasteiger partial charge on any atom is -0.306 e. The Morgan fingerprint density at radius 1 is 1.29 bits per heavy atom. The third-order valence-corrected chi connectivity index (χ3v) is 4.38. The van der Waals surface area contributed by atoms with Crippen LogP contribution < -0.4 is 10.6 Å². The number of carbonyl (C=O) groups is 1. The Morgan fingerprint density at radius 3 is 2.81 bits per heavy atom. The average Bonchev–Trinajstić information content (AvgIpc) is 2.97. The molecular weight excluding hydrogens is 306 g/mol. The van der Waals surface area contributed by atoms with E-state index < -0.39 is 0 Å². The molecule has 21 heavy (non-hydrogen) atoms. The van der Waals surface area contributed by atoms with E-state index in [-0.39, 0.29) is 24.4 Å². The lowest BCUT2D eigenvalue weighted by Crippen LogP contribution is -2.43. The summed E-state index contributed by atoms with van der Waals surface area (Å²) >= 11 is 1.51. The molecule has 0 radical (unpaired) electrons. The number of benzene rings is 1. The van der Waals surface area contributed by atoms with Crippen LogP contribution in [0.25, 0.3) is 10.4 Å². The van der Waals surface area contributed by atoms with E-state index in [4.69, 9.17) is 0 Å². The number of anilines is 1. The van der Waals surface area contributed by atoms with Gasteiger partial charge in [-0.3, -0.25) is 4.79 Å². The highest BCUT2D eigenvalue weighted by atomic mass is 35.5. The van der Waals surface area contributed by atoms with Crippen LogP contribution >= 0.6 is 23.7 Å². The first-order valence-corrected chi connectivity index (χ1v) is 7.70. The first-order valence-electron chi connectivity index (χ1n) is 6.88. The third kappa shape index (κ3) is 4.03. The van der Waals surface area contributed by atoms with Gasteiger partial charge in [-0.2, -0.15) is 0 Å². The highest BCUT2D eigenvalue weighted by Gasteiger charge is 2.21. The second kappa shape index (κ2) is 7.54. The topological polar surface area (TPSA) is 54.0 Å². The molecule has 1 aromatic heterocycles. The Labute approximate surface area is 134 Å². The smallest absolute Gasteiger partial charge is 0.243 e. The van der Waals surface area contributed by atoms with Crippen LogP contribution in [0.5, 0.6) is 0 Å². The summed E-state index contributed by atoms with van der Waals surface area (Å²) in [6.45, 7) is 0.922. The van der Waals surface area contributed by atoms with Crippen molar-refractivity contribution in [2.45, 2.75) is 25.3 Å². The van der Waals surface area contributed by atoms with Crippen molar-refractivity contribution in [3.05, 3.63) is 36.5 Å². The lowest BCUT2D eigenvalue weighted by atomic mass is 10.0. The summed E-state index contributed by atoms with van der Waals surface area (Å²) in [5.41, 5.74) is 1.13. The highest BCUT2D eigenvalue weighted by Crippen LogP contribution is 2.28. The molecule has 1 aliphatic rings. The van der Waals surface area contributed by atoms with Gasteiger partial charge < -0.3 is 10.6 Å². The molecule has 3 rings (SSSR count). The van der Waals surface area contributed by atoms with Gasteiger partial charge in [0.1, 0.15) is 0 Å². The number of thiazole rings is 1. The predicted octanol–water partition coefficient (Wildman–Crippen LogP) is 3.31. The van der Waals surface area contributed by atoms with Crippen LogP contribution in [0.4, 0.5) is 5.13 Å². The van der Waals surface area contributed by atoms with Crippen LogP contribution in [0.2, 0.25) is 0 Å². The van der Waals surface area contributed by atoms with E-state index in [1.807, 2.05) is 36.5 Å². The number of piperidine rings is 1. The molecule has 0 spiro atoms. The van der Waals surface area contributed by atoms with Crippen LogP contribution in [0.3, 0.4) is 0 Å². The molecule has 2 aromatic rings. The Bertz CT molecular complexity index is 582. The first kappa shape index (κ1) is 15.9. The number of nitrogens with one attached hydrogen (secondary N) is 2. The zero-order valence-corrected chi connectivity index (χ0v) is 13.2. The zero-order valence-electron chi connectivity index (χ0n) is 11.5. The molecule has 1 fully saturated rings. The van der Waals surface area contributed by atoms with E-state index in [0.29, 0.717) is 5.13 Å². The molecule has 1 atom stereocenters. The number of nitrogens with zero attached hydrogens (tertiary/aromatic N) is 1. The molecule has 1 unspecified atom stereocenters. The van der Waals surface area contributed by atoms with Gasteiger partial charge in [-0.1, -0.05) is 48.1 Å². The molecule has 0 saturated carbocycles. The average molecular weight is 324 g/mol. The number of carbonyl (C=O) groups excluding carboxylic acids is 1. The summed E-state index contributed by atoms with van der Waals surface area (Å²) < 4.78 is 0. The van der Waals surface area contributed by atoms with Gasteiger partial charge in [0.15, 0.2) is 5.13 Å². The van der Waals surface area contributed by atoms with Crippen LogP contribution in [-0.2, 0) is 4.79 Å². The number of hydrogen-bond donors (Lipinski definition) is 2. The van der Waals surface area contributed by atoms with Gasteiger partial charge in [0.05, 0.1) is 10.9 Å². The zero-order chi connectivity index (χ0) is 13.8. The summed E-state index contributed by atoms with van der Waals surface area (Å²) in [4.78, 5) is 17.5. The Balaban J connectivity index is 0.00000161. The minimum absolute atomic E-state index is 0. The fourth-order valence-electron chi connectivity index (χ4n) is 2.34. The van der Waals surface area contributed by atoms with Gasteiger partial charge in [0, 0.05) is 6.20 Å². The standard InChI is InChI=1S/C15H17N3OS.ClH/c19-14(12-8-4-5-9-16-12)18-15-17-10-13(20-15)11-6-2-1-3-7-11;/h1-3,6-7,10,12,16H,4-5,8-9H2,(H,17,18,19);1H. The summed E-state index contributed by atoms with van der Waals surface area (Å²) in [6, 6.07) is 10.00. The SMILES string of the molecule is Cl.O=C(Nc1ncc(-c2ccccc2)s1)C1CCCCN1. The lowest BCUT2D eigenvalue weighted by Gasteiger charge is -2.21. The van der Waals surface area contributed by atoms with E-state index >= 15 is 0 Å². The van der Waals surface area contributed by atoms with Crippen molar-refractivity contribution in [2.75, 3.05) is 11.9 Å². The maximum absolute atomic E-state index is 12.1. The number of halogens is 1. The molecule has 1 saturated heterocycles. The van der Waals surface area contributed by atoms with Crippen molar-refractivity contribution in [2.24, 2.45) is 0 Å². The van der Waals surface area contributed by atoms with Gasteiger partial charge >= 0.3 is 0 Å². The summed E-state index contributed by atoms with van der Waals surface area (Å²) in [6.07, 6.45) is 4.98. The molecule has 2 N–H and O–H groups in total. The number of amides is 1. The van der Waals surface area contributed by atoms with Crippen molar-refractivity contribution in [3.63, 3.8) is 0 Å². The molecule has 2 heterocycles. The minimum atomic E-state index is -0.0761. The van der Waals surface area contributed by atoms with E-state index in [2.05, 4.69) is 15.6 Å². The first-order chi connectivity index (χ1) is 9.83. The molecule has 6 heteroatoms. The van der Waals surface area contributed by atoms with E-state index in [1.165, 1.54) is 11.3 Å². The Hall–Kier alpha value is -1.43. The maximum Gasteiger partial charge on any atom is 0.243 e. The second-order valence-corrected chi connectivity index (χ2v) is 5.92. The van der Waals surface area contributed by atoms with Crippen LogP contribution in [0.15, 0.2) is 36.5 Å². The fraction of sp³-hybridized carbons (Fsp3) is 0.333. The van der Waals surface area contributed by atoms with Gasteiger partial charge in [-0.15, -0.1) is 12.4 Å². The van der Waals surface area contributed by atoms with Gasteiger partial charge in [0.25, 0.3) is 0 Å². The van der Waals surface area contributed by atoms with E-state index in [9.17, 15) is 4.79 Å². The van der Waals surface area contributed by atoms with E-state index in [1.54, 1.807) is 0 Å². The molecular formula is C15H18ClN3OS. The molecule has 1 aliphatic heterocycles. The fourth-order valence-corrected chi connectivity index (χ4v) is 3.16. The van der Waals surface area contributed by atoms with Crippen molar-refractivity contribution in [3.8, 4) is 10.4 Å². The molecule has 0 bridgehead atoms. The number of aromatic nitrogens is 1. The normalized spacial score (nSPS) is 17.8. The predicted molar refractivity (Wildman–Crippen MR) is 89.1 cm³/mol. The van der Waals surface area contributed by atoms with Gasteiger partial charge in [-0.05, 0) is 24.9 Å². The summed E-state index contributed by atoms with van der Waals surface area (Å²) in [5, 5.41) is 6.82. The molecule has 4 nitrogen and oxygen atoms in total. The second-order valence-electron chi connectivity index (χ2n) is 4.89. The van der Waals surface area contributed by atoms with Crippen LogP contribution in [0, 0.1) is 0 Å². The maximum atomic E-state index is 12.1. The van der Waals surface area contributed by atoms with Gasteiger partial charge in [-0.25, -0.2) is 4.98 Å². The number of rotatable bonds is 3. The summed E-state index contributed by atoms with van der Waals surface area (Å²) in [7, 11) is 0. The van der Waals surface area contributed by atoms with Crippen molar-refractivity contribution in [1.29, 1.82) is 0 Å². The summed E-state index contributed by atoms with van der Waals surface area (Å²) in [5.74, 6) is 0.0265. The molecule has 112 valence electrons. The molecule has 1 aromatic carbocycles. The lowest BCUT2D eigenvalue weighted by molar-refractivity contribution is -0.118. The Kier molecular flexibility index (Phi) is 5.73. The van der Waals surface area contributed by atoms with Crippen LogP contribution in [-0.4, -0.2) is 23.5 Å². The quantitative estimate of drug-likeness (QED) is 0.911. The monoisotopic (exact) mass is 323 g/mol. The van der Waals surface area contributed by atoms with E-state index in [0.717, 1.165) is 36.2 Å².